The minimum Gasteiger partial charge on any atom is -0.257 e. The molecule has 2 rings (SSSR count). The molecule has 0 N–H and O–H groups in total. The molecule has 0 aromatic carbocycles. The molecular formula is C13H17N. The van der Waals surface area contributed by atoms with E-state index in [1.54, 1.807) is 0 Å². The Morgan fingerprint density at radius 1 is 1.43 bits per heavy atom. The van der Waals surface area contributed by atoms with Crippen LogP contribution in [0, 0.1) is 0 Å². The minimum absolute atomic E-state index is 0.254. The standard InChI is InChI=1S/C13H17N/c1-4-10-7-9-14-11-6-5-8-13(2,3)12(10)11/h5-7,9H,4,8H2,1-3H3. The number of fused-ring (bicyclic) bond motifs is 1. The van der Waals surface area contributed by atoms with Crippen LogP contribution in [0.15, 0.2) is 18.3 Å². The molecule has 14 heavy (non-hydrogen) atoms. The smallest absolute Gasteiger partial charge is 0.0666 e. The monoisotopic (exact) mass is 187 g/mol. The third-order valence-corrected chi connectivity index (χ3v) is 3.03. The summed E-state index contributed by atoms with van der Waals surface area (Å²) in [5.74, 6) is 0. The van der Waals surface area contributed by atoms with E-state index < -0.39 is 0 Å². The quantitative estimate of drug-likeness (QED) is 0.657. The van der Waals surface area contributed by atoms with Gasteiger partial charge in [-0.25, -0.2) is 0 Å². The van der Waals surface area contributed by atoms with E-state index in [-0.39, 0.29) is 5.41 Å². The van der Waals surface area contributed by atoms with Gasteiger partial charge >= 0.3 is 0 Å². The topological polar surface area (TPSA) is 12.9 Å². The normalized spacial score (nSPS) is 17.9. The molecule has 0 saturated carbocycles. The van der Waals surface area contributed by atoms with Gasteiger partial charge in [0.05, 0.1) is 5.69 Å². The molecule has 74 valence electrons. The van der Waals surface area contributed by atoms with E-state index in [0.29, 0.717) is 0 Å². The Morgan fingerprint density at radius 2 is 2.21 bits per heavy atom. The molecule has 1 aliphatic rings. The second-order valence-corrected chi connectivity index (χ2v) is 4.57. The molecule has 0 unspecified atom stereocenters. The van der Waals surface area contributed by atoms with E-state index in [4.69, 9.17) is 0 Å². The summed E-state index contributed by atoms with van der Waals surface area (Å²) in [5.41, 5.74) is 4.32. The number of hydrogen-bond donors (Lipinski definition) is 0. The van der Waals surface area contributed by atoms with Crippen LogP contribution in [0.1, 0.15) is 44.0 Å². The zero-order valence-corrected chi connectivity index (χ0v) is 9.17. The zero-order valence-electron chi connectivity index (χ0n) is 9.17. The first-order valence-electron chi connectivity index (χ1n) is 5.30. The Morgan fingerprint density at radius 3 is 2.93 bits per heavy atom. The number of aromatic nitrogens is 1. The fourth-order valence-corrected chi connectivity index (χ4v) is 2.29. The van der Waals surface area contributed by atoms with E-state index in [0.717, 1.165) is 12.8 Å². The third-order valence-electron chi connectivity index (χ3n) is 3.03. The van der Waals surface area contributed by atoms with E-state index in [1.807, 2.05) is 6.20 Å². The number of pyridine rings is 1. The molecule has 1 heteroatoms. The van der Waals surface area contributed by atoms with Crippen LogP contribution < -0.4 is 0 Å². The van der Waals surface area contributed by atoms with Crippen LogP contribution in [-0.4, -0.2) is 4.98 Å². The molecule has 0 atom stereocenters. The van der Waals surface area contributed by atoms with Crippen molar-refractivity contribution in [2.45, 2.75) is 39.0 Å². The highest BCUT2D eigenvalue weighted by molar-refractivity contribution is 5.57. The molecule has 0 bridgehead atoms. The molecule has 1 aromatic heterocycles. The molecule has 0 aliphatic heterocycles. The van der Waals surface area contributed by atoms with Crippen molar-refractivity contribution in [2.75, 3.05) is 0 Å². The van der Waals surface area contributed by atoms with Crippen LogP contribution in [0.4, 0.5) is 0 Å². The van der Waals surface area contributed by atoms with Gasteiger partial charge in [-0.15, -0.1) is 0 Å². The van der Waals surface area contributed by atoms with Gasteiger partial charge in [0.2, 0.25) is 0 Å². The van der Waals surface area contributed by atoms with E-state index in [1.165, 1.54) is 16.8 Å². The third kappa shape index (κ3) is 1.37. The fourth-order valence-electron chi connectivity index (χ4n) is 2.29. The van der Waals surface area contributed by atoms with Crippen LogP contribution >= 0.6 is 0 Å². The Labute approximate surface area is 85.9 Å². The largest absolute Gasteiger partial charge is 0.257 e. The van der Waals surface area contributed by atoms with Gasteiger partial charge in [-0.3, -0.25) is 4.98 Å². The lowest BCUT2D eigenvalue weighted by atomic mass is 9.75. The zero-order chi connectivity index (χ0) is 10.2. The van der Waals surface area contributed by atoms with Crippen molar-refractivity contribution in [3.63, 3.8) is 0 Å². The predicted octanol–water partition coefficient (Wildman–Crippen LogP) is 3.34. The maximum atomic E-state index is 4.44. The van der Waals surface area contributed by atoms with Crippen LogP contribution in [-0.2, 0) is 11.8 Å². The van der Waals surface area contributed by atoms with E-state index >= 15 is 0 Å². The van der Waals surface area contributed by atoms with Crippen molar-refractivity contribution < 1.29 is 0 Å². The van der Waals surface area contributed by atoms with Crippen molar-refractivity contribution in [2.24, 2.45) is 0 Å². The lowest BCUT2D eigenvalue weighted by molar-refractivity contribution is 0.520. The lowest BCUT2D eigenvalue weighted by Gasteiger charge is -2.30. The summed E-state index contributed by atoms with van der Waals surface area (Å²) >= 11 is 0. The maximum absolute atomic E-state index is 4.44. The lowest BCUT2D eigenvalue weighted by Crippen LogP contribution is -2.22. The van der Waals surface area contributed by atoms with Crippen molar-refractivity contribution in [1.82, 2.24) is 4.98 Å². The highest BCUT2D eigenvalue weighted by atomic mass is 14.7. The first-order valence-corrected chi connectivity index (χ1v) is 5.30. The number of hydrogen-bond acceptors (Lipinski definition) is 1. The molecule has 1 aliphatic carbocycles. The van der Waals surface area contributed by atoms with Crippen LogP contribution in [0.5, 0.6) is 0 Å². The SMILES string of the molecule is CCc1ccnc2c1C(C)(C)CC=C2. The molecule has 0 amide bonds. The fraction of sp³-hybridized carbons (Fsp3) is 0.462. The van der Waals surface area contributed by atoms with Crippen molar-refractivity contribution in [3.05, 3.63) is 35.2 Å². The van der Waals surface area contributed by atoms with Gasteiger partial charge in [0.25, 0.3) is 0 Å². The second-order valence-electron chi connectivity index (χ2n) is 4.57. The summed E-state index contributed by atoms with van der Waals surface area (Å²) in [4.78, 5) is 4.44. The first kappa shape index (κ1) is 9.45. The van der Waals surface area contributed by atoms with Gasteiger partial charge in [0.15, 0.2) is 0 Å². The maximum Gasteiger partial charge on any atom is 0.0666 e. The Hall–Kier alpha value is -1.11. The summed E-state index contributed by atoms with van der Waals surface area (Å²) < 4.78 is 0. The van der Waals surface area contributed by atoms with Gasteiger partial charge in [0, 0.05) is 6.20 Å². The molecule has 0 saturated heterocycles. The number of aryl methyl sites for hydroxylation is 1. The number of allylic oxidation sites excluding steroid dienone is 1. The first-order chi connectivity index (χ1) is 6.65. The van der Waals surface area contributed by atoms with Crippen molar-refractivity contribution in [3.8, 4) is 0 Å². The molecular weight excluding hydrogens is 170 g/mol. The molecule has 1 aromatic rings. The van der Waals surface area contributed by atoms with Crippen molar-refractivity contribution in [1.29, 1.82) is 0 Å². The molecule has 1 nitrogen and oxygen atoms in total. The van der Waals surface area contributed by atoms with E-state index in [2.05, 4.69) is 44.0 Å². The Kier molecular flexibility index (Phi) is 2.18. The van der Waals surface area contributed by atoms with Gasteiger partial charge in [-0.1, -0.05) is 26.8 Å². The number of nitrogens with zero attached hydrogens (tertiary/aromatic N) is 1. The van der Waals surface area contributed by atoms with Crippen molar-refractivity contribution >= 4 is 6.08 Å². The Bertz CT molecular complexity index is 375. The van der Waals surface area contributed by atoms with Gasteiger partial charge in [-0.2, -0.15) is 0 Å². The molecule has 0 spiro atoms. The summed E-state index contributed by atoms with van der Waals surface area (Å²) in [6.07, 6.45) is 8.53. The molecule has 0 radical (unpaired) electrons. The minimum atomic E-state index is 0.254. The second kappa shape index (κ2) is 3.23. The van der Waals surface area contributed by atoms with Crippen LogP contribution in [0.3, 0.4) is 0 Å². The van der Waals surface area contributed by atoms with Gasteiger partial charge in [0.1, 0.15) is 0 Å². The van der Waals surface area contributed by atoms with E-state index in [9.17, 15) is 0 Å². The van der Waals surface area contributed by atoms with Crippen LogP contribution in [0.2, 0.25) is 0 Å². The molecule has 0 fully saturated rings. The summed E-state index contributed by atoms with van der Waals surface area (Å²) in [6, 6.07) is 2.15. The molecule has 1 heterocycles. The highest BCUT2D eigenvalue weighted by Crippen LogP contribution is 2.36. The summed E-state index contributed by atoms with van der Waals surface area (Å²) in [6.45, 7) is 6.82. The van der Waals surface area contributed by atoms with Gasteiger partial charge < -0.3 is 0 Å². The Balaban J connectivity index is 2.65. The summed E-state index contributed by atoms with van der Waals surface area (Å²) in [7, 11) is 0. The van der Waals surface area contributed by atoms with Gasteiger partial charge in [-0.05, 0) is 41.5 Å². The highest BCUT2D eigenvalue weighted by Gasteiger charge is 2.27. The average Bonchev–Trinajstić information content (AvgIpc) is 2.16. The van der Waals surface area contributed by atoms with Crippen LogP contribution in [0.25, 0.3) is 6.08 Å². The average molecular weight is 187 g/mol. The summed E-state index contributed by atoms with van der Waals surface area (Å²) in [5, 5.41) is 0. The number of rotatable bonds is 1. The predicted molar refractivity (Wildman–Crippen MR) is 60.3 cm³/mol.